The Bertz CT molecular complexity index is 1510. The van der Waals surface area contributed by atoms with E-state index >= 15 is 0 Å². The van der Waals surface area contributed by atoms with Crippen LogP contribution in [0.5, 0.6) is 0 Å². The van der Waals surface area contributed by atoms with Crippen LogP contribution in [0.1, 0.15) is 19.4 Å². The summed E-state index contributed by atoms with van der Waals surface area (Å²) in [5.41, 5.74) is 5.68. The number of fused-ring (bicyclic) bond motifs is 1. The normalized spacial score (nSPS) is 12.7. The predicted octanol–water partition coefficient (Wildman–Crippen LogP) is 7.67. The maximum absolute atomic E-state index is 12.6. The van der Waals surface area contributed by atoms with Gasteiger partial charge in [-0.15, -0.1) is 11.8 Å². The van der Waals surface area contributed by atoms with Crippen LogP contribution in [0.25, 0.3) is 33.2 Å². The fourth-order valence-corrected chi connectivity index (χ4v) is 7.96. The van der Waals surface area contributed by atoms with E-state index in [1.54, 1.807) is 20.0 Å². The van der Waals surface area contributed by atoms with Crippen molar-refractivity contribution in [3.05, 3.63) is 78.8 Å². The number of rotatable bonds is 8. The van der Waals surface area contributed by atoms with Crippen LogP contribution >= 0.6 is 11.8 Å². The maximum atomic E-state index is 12.6. The van der Waals surface area contributed by atoms with E-state index in [1.165, 1.54) is 17.2 Å². The molecule has 2 heterocycles. The molecule has 4 nitrogen and oxygen atoms in total. The summed E-state index contributed by atoms with van der Waals surface area (Å²) >= 11 is 1.87. The van der Waals surface area contributed by atoms with Gasteiger partial charge in [0, 0.05) is 54.3 Å². The molecule has 0 aliphatic carbocycles. The van der Waals surface area contributed by atoms with Crippen LogP contribution in [0, 0.1) is 0 Å². The van der Waals surface area contributed by atoms with E-state index in [2.05, 4.69) is 53.9 Å². The number of aromatic nitrogens is 2. The van der Waals surface area contributed by atoms with E-state index in [9.17, 15) is 8.42 Å². The molecule has 0 saturated heterocycles. The van der Waals surface area contributed by atoms with Crippen LogP contribution < -0.4 is 0 Å². The maximum Gasteiger partial charge on any atom is 0.156 e. The van der Waals surface area contributed by atoms with Crippen molar-refractivity contribution in [2.24, 2.45) is 0 Å². The van der Waals surface area contributed by atoms with Gasteiger partial charge < -0.3 is 0 Å². The standard InChI is InChI=1S/C29H34N2O2S2Si/c1-29(2,35(3,32)33)25-16-23-11-8-12-31-28(23)27(18-25)22-10-7-9-21(15-22)24-17-26(20-30-19-24)34-13-14-36(4,5)6/h7-12,15-20H,13-14H2,1-6H3. The van der Waals surface area contributed by atoms with Crippen molar-refractivity contribution in [3.8, 4) is 22.3 Å². The molecule has 0 unspecified atom stereocenters. The van der Waals surface area contributed by atoms with Crippen molar-refractivity contribution in [3.63, 3.8) is 0 Å². The number of benzene rings is 2. The molecule has 0 saturated carbocycles. The lowest BCUT2D eigenvalue weighted by Crippen LogP contribution is -2.28. The molecule has 7 heteroatoms. The summed E-state index contributed by atoms with van der Waals surface area (Å²) < 4.78 is 24.2. The molecule has 0 radical (unpaired) electrons. The van der Waals surface area contributed by atoms with E-state index in [0.29, 0.717) is 0 Å². The Morgan fingerprint density at radius 2 is 1.67 bits per heavy atom. The van der Waals surface area contributed by atoms with Crippen molar-refractivity contribution < 1.29 is 8.42 Å². The summed E-state index contributed by atoms with van der Waals surface area (Å²) in [4.78, 5) is 10.3. The highest BCUT2D eigenvalue weighted by molar-refractivity contribution is 7.99. The van der Waals surface area contributed by atoms with Crippen LogP contribution in [0.4, 0.5) is 0 Å². The first kappa shape index (κ1) is 26.6. The predicted molar refractivity (Wildman–Crippen MR) is 157 cm³/mol. The smallest absolute Gasteiger partial charge is 0.156 e. The number of pyridine rings is 2. The Hall–Kier alpha value is -2.48. The monoisotopic (exact) mass is 534 g/mol. The van der Waals surface area contributed by atoms with Gasteiger partial charge in [-0.05, 0) is 72.7 Å². The lowest BCUT2D eigenvalue weighted by atomic mass is 9.92. The molecular formula is C29H34N2O2S2Si. The Morgan fingerprint density at radius 3 is 2.39 bits per heavy atom. The molecule has 2 aromatic heterocycles. The molecule has 4 rings (SSSR count). The molecule has 0 spiro atoms. The molecule has 0 bridgehead atoms. The number of sulfone groups is 1. The van der Waals surface area contributed by atoms with Gasteiger partial charge in [0.05, 0.1) is 10.3 Å². The van der Waals surface area contributed by atoms with E-state index < -0.39 is 22.7 Å². The van der Waals surface area contributed by atoms with Crippen LogP contribution in [-0.2, 0) is 14.6 Å². The molecule has 4 aromatic rings. The van der Waals surface area contributed by atoms with Crippen LogP contribution in [-0.4, -0.2) is 38.5 Å². The van der Waals surface area contributed by atoms with Crippen LogP contribution in [0.2, 0.25) is 25.7 Å². The molecule has 0 N–H and O–H groups in total. The summed E-state index contributed by atoms with van der Waals surface area (Å²) in [7, 11) is -4.40. The molecule has 0 amide bonds. The summed E-state index contributed by atoms with van der Waals surface area (Å²) in [5, 5.41) is 0.926. The highest BCUT2D eigenvalue weighted by Gasteiger charge is 2.33. The molecule has 36 heavy (non-hydrogen) atoms. The Kier molecular flexibility index (Phi) is 7.47. The fourth-order valence-electron chi connectivity index (χ4n) is 3.97. The minimum atomic E-state index is -3.32. The molecule has 188 valence electrons. The highest BCUT2D eigenvalue weighted by Crippen LogP contribution is 2.37. The topological polar surface area (TPSA) is 59.9 Å². The second-order valence-corrected chi connectivity index (χ2v) is 20.4. The van der Waals surface area contributed by atoms with Gasteiger partial charge in [-0.25, -0.2) is 8.42 Å². The van der Waals surface area contributed by atoms with Gasteiger partial charge in [-0.1, -0.05) is 43.9 Å². The Morgan fingerprint density at radius 1 is 0.917 bits per heavy atom. The fraction of sp³-hybridized carbons (Fsp3) is 0.310. The zero-order chi connectivity index (χ0) is 26.1. The van der Waals surface area contributed by atoms with Crippen LogP contribution in [0.3, 0.4) is 0 Å². The summed E-state index contributed by atoms with van der Waals surface area (Å²) in [5.74, 6) is 1.11. The van der Waals surface area contributed by atoms with Gasteiger partial charge >= 0.3 is 0 Å². The minimum Gasteiger partial charge on any atom is -0.263 e. The zero-order valence-corrected chi connectivity index (χ0v) is 24.5. The molecule has 0 fully saturated rings. The van der Waals surface area contributed by atoms with Gasteiger partial charge in [0.25, 0.3) is 0 Å². The SMILES string of the molecule is CC(C)(c1cc(-c2cccc(-c3cncc(SCC[Si](C)(C)C)c3)c2)c2ncccc2c1)S(C)(=O)=O. The lowest BCUT2D eigenvalue weighted by Gasteiger charge is -2.24. The largest absolute Gasteiger partial charge is 0.263 e. The second-order valence-electron chi connectivity index (χ2n) is 11.0. The Labute approximate surface area is 220 Å². The molecule has 0 aliphatic heterocycles. The molecule has 0 aliphatic rings. The molecular weight excluding hydrogens is 501 g/mol. The zero-order valence-electron chi connectivity index (χ0n) is 21.9. The molecule has 0 atom stereocenters. The third kappa shape index (κ3) is 5.90. The van der Waals surface area contributed by atoms with Gasteiger partial charge in [-0.2, -0.15) is 0 Å². The second kappa shape index (κ2) is 10.1. The van der Waals surface area contributed by atoms with Crippen LogP contribution in [0.15, 0.2) is 78.1 Å². The van der Waals surface area contributed by atoms with E-state index in [1.807, 2.05) is 54.5 Å². The van der Waals surface area contributed by atoms with Gasteiger partial charge in [0.2, 0.25) is 0 Å². The van der Waals surface area contributed by atoms with Gasteiger partial charge in [-0.3, -0.25) is 9.97 Å². The minimum absolute atomic E-state index is 0.758. The average molecular weight is 535 g/mol. The highest BCUT2D eigenvalue weighted by atomic mass is 32.2. The van der Waals surface area contributed by atoms with Crippen molar-refractivity contribution >= 4 is 40.6 Å². The quantitative estimate of drug-likeness (QED) is 0.171. The van der Waals surface area contributed by atoms with Crippen molar-refractivity contribution in [2.45, 2.75) is 49.2 Å². The van der Waals surface area contributed by atoms with Crippen molar-refractivity contribution in [1.29, 1.82) is 0 Å². The number of nitrogens with zero attached hydrogens (tertiary/aromatic N) is 2. The summed E-state index contributed by atoms with van der Waals surface area (Å²) in [6, 6.07) is 19.6. The number of hydrogen-bond acceptors (Lipinski definition) is 5. The average Bonchev–Trinajstić information content (AvgIpc) is 2.82. The summed E-state index contributed by atoms with van der Waals surface area (Å²) in [6.45, 7) is 10.7. The van der Waals surface area contributed by atoms with E-state index in [0.717, 1.165) is 44.5 Å². The number of thioether (sulfide) groups is 1. The summed E-state index contributed by atoms with van der Waals surface area (Å²) in [6.07, 6.45) is 6.92. The van der Waals surface area contributed by atoms with Gasteiger partial charge in [0.15, 0.2) is 9.84 Å². The Balaban J connectivity index is 1.76. The van der Waals surface area contributed by atoms with Crippen molar-refractivity contribution in [2.75, 3.05) is 12.0 Å². The molecule has 2 aromatic carbocycles. The van der Waals surface area contributed by atoms with Crippen molar-refractivity contribution in [1.82, 2.24) is 9.97 Å². The lowest BCUT2D eigenvalue weighted by molar-refractivity contribution is 0.561. The van der Waals surface area contributed by atoms with E-state index in [-0.39, 0.29) is 0 Å². The number of hydrogen-bond donors (Lipinski definition) is 0. The first-order valence-corrected chi connectivity index (χ1v) is 18.7. The third-order valence-corrected chi connectivity index (χ3v) is 11.8. The first-order chi connectivity index (χ1) is 16.8. The van der Waals surface area contributed by atoms with Gasteiger partial charge in [0.1, 0.15) is 0 Å². The first-order valence-electron chi connectivity index (χ1n) is 12.1. The third-order valence-electron chi connectivity index (χ3n) is 6.67. The van der Waals surface area contributed by atoms with E-state index in [4.69, 9.17) is 0 Å².